The zero-order valence-electron chi connectivity index (χ0n) is 32.7. The van der Waals surface area contributed by atoms with Gasteiger partial charge in [-0.05, 0) is 60.2 Å². The standard InChI is InChI=1S/C31H26N2.7C2H6/c1-32(26-15-7-3-8-16-26)27-21-23-29(24-22-27)33(28-17-9-4-10-18-28)31-20-12-11-19-30(31)25-13-5-2-6-14-25;7*1-2/h2-24H,1H3;7*1-2H3. The predicted octanol–water partition coefficient (Wildman–Crippen LogP) is 15.8. The minimum absolute atomic E-state index is 1.12. The summed E-state index contributed by atoms with van der Waals surface area (Å²) < 4.78 is 0. The van der Waals surface area contributed by atoms with E-state index in [0.29, 0.717) is 0 Å². The predicted molar refractivity (Wildman–Crippen MR) is 221 cm³/mol. The van der Waals surface area contributed by atoms with Gasteiger partial charge in [0.25, 0.3) is 0 Å². The van der Waals surface area contributed by atoms with Crippen LogP contribution >= 0.6 is 0 Å². The molecule has 5 rings (SSSR count). The van der Waals surface area contributed by atoms with Crippen LogP contribution in [0.1, 0.15) is 96.9 Å². The largest absolute Gasteiger partial charge is 0.345 e. The fourth-order valence-electron chi connectivity index (χ4n) is 4.16. The molecule has 0 atom stereocenters. The molecule has 0 aromatic heterocycles. The molecule has 47 heavy (non-hydrogen) atoms. The van der Waals surface area contributed by atoms with Crippen molar-refractivity contribution in [1.29, 1.82) is 0 Å². The highest BCUT2D eigenvalue weighted by Gasteiger charge is 2.17. The van der Waals surface area contributed by atoms with Gasteiger partial charge in [-0.3, -0.25) is 0 Å². The third kappa shape index (κ3) is 15.7. The molecule has 2 nitrogen and oxygen atoms in total. The Bertz CT molecular complexity index is 1300. The summed E-state index contributed by atoms with van der Waals surface area (Å²) in [5.74, 6) is 0. The van der Waals surface area contributed by atoms with Gasteiger partial charge in [0.05, 0.1) is 5.69 Å². The second-order valence-corrected chi connectivity index (χ2v) is 7.97. The first-order chi connectivity index (χ1) is 23.3. The first-order valence-electron chi connectivity index (χ1n) is 18.2. The van der Waals surface area contributed by atoms with Crippen LogP contribution < -0.4 is 9.80 Å². The Hall–Kier alpha value is -4.30. The van der Waals surface area contributed by atoms with Gasteiger partial charge in [0.15, 0.2) is 0 Å². The first kappa shape index (κ1) is 47.1. The molecule has 0 fully saturated rings. The van der Waals surface area contributed by atoms with Gasteiger partial charge >= 0.3 is 0 Å². The molecular weight excluding hydrogens is 569 g/mol. The van der Waals surface area contributed by atoms with Gasteiger partial charge in [0, 0.05) is 35.4 Å². The fraction of sp³-hybridized carbons (Fsp3) is 0.333. The summed E-state index contributed by atoms with van der Waals surface area (Å²) in [7, 11) is 2.10. The van der Waals surface area contributed by atoms with Gasteiger partial charge < -0.3 is 9.80 Å². The molecule has 0 aliphatic heterocycles. The van der Waals surface area contributed by atoms with Crippen LogP contribution in [0, 0.1) is 0 Å². The van der Waals surface area contributed by atoms with Gasteiger partial charge in [0.2, 0.25) is 0 Å². The summed E-state index contributed by atoms with van der Waals surface area (Å²) in [4.78, 5) is 4.53. The number of hydrogen-bond acceptors (Lipinski definition) is 2. The van der Waals surface area contributed by atoms with E-state index in [-0.39, 0.29) is 0 Å². The van der Waals surface area contributed by atoms with E-state index >= 15 is 0 Å². The maximum atomic E-state index is 2.33. The molecular formula is C45H68N2. The molecule has 2 heteroatoms. The normalized spacial score (nSPS) is 8.32. The monoisotopic (exact) mass is 637 g/mol. The van der Waals surface area contributed by atoms with Crippen molar-refractivity contribution in [3.63, 3.8) is 0 Å². The zero-order chi connectivity index (χ0) is 36.5. The van der Waals surface area contributed by atoms with Crippen LogP contribution in [-0.2, 0) is 0 Å². The van der Waals surface area contributed by atoms with Crippen LogP contribution in [0.5, 0.6) is 0 Å². The number of para-hydroxylation sites is 3. The summed E-state index contributed by atoms with van der Waals surface area (Å²) >= 11 is 0. The Kier molecular flexibility index (Phi) is 33.2. The lowest BCUT2D eigenvalue weighted by Crippen LogP contribution is -2.12. The van der Waals surface area contributed by atoms with Crippen LogP contribution in [0.4, 0.5) is 28.4 Å². The van der Waals surface area contributed by atoms with Gasteiger partial charge in [-0.25, -0.2) is 0 Å². The molecule has 5 aromatic carbocycles. The molecule has 0 N–H and O–H groups in total. The van der Waals surface area contributed by atoms with Crippen molar-refractivity contribution in [2.45, 2.75) is 96.9 Å². The molecule has 0 aliphatic rings. The highest BCUT2D eigenvalue weighted by atomic mass is 15.1. The molecule has 0 spiro atoms. The highest BCUT2D eigenvalue weighted by Crippen LogP contribution is 2.41. The summed E-state index contributed by atoms with van der Waals surface area (Å²) in [5.41, 5.74) is 8.12. The number of hydrogen-bond donors (Lipinski definition) is 0. The summed E-state index contributed by atoms with van der Waals surface area (Å²) in [5, 5.41) is 0. The minimum Gasteiger partial charge on any atom is -0.345 e. The minimum atomic E-state index is 1.12. The van der Waals surface area contributed by atoms with E-state index in [1.54, 1.807) is 0 Å². The van der Waals surface area contributed by atoms with Crippen molar-refractivity contribution in [3.05, 3.63) is 140 Å². The van der Waals surface area contributed by atoms with Crippen LogP contribution in [-0.4, -0.2) is 7.05 Å². The Labute approximate surface area is 292 Å². The Morgan fingerprint density at radius 3 is 1.04 bits per heavy atom. The van der Waals surface area contributed by atoms with Crippen LogP contribution in [0.3, 0.4) is 0 Å². The molecule has 258 valence electrons. The van der Waals surface area contributed by atoms with Gasteiger partial charge in [0.1, 0.15) is 0 Å². The zero-order valence-corrected chi connectivity index (χ0v) is 32.7. The van der Waals surface area contributed by atoms with Gasteiger partial charge in [-0.15, -0.1) is 0 Å². The van der Waals surface area contributed by atoms with Crippen LogP contribution in [0.15, 0.2) is 140 Å². The van der Waals surface area contributed by atoms with E-state index in [2.05, 4.69) is 150 Å². The van der Waals surface area contributed by atoms with Crippen molar-refractivity contribution in [1.82, 2.24) is 0 Å². The van der Waals surface area contributed by atoms with E-state index in [1.807, 2.05) is 103 Å². The Morgan fingerprint density at radius 1 is 0.298 bits per heavy atom. The van der Waals surface area contributed by atoms with E-state index in [4.69, 9.17) is 0 Å². The molecule has 0 saturated carbocycles. The quantitative estimate of drug-likeness (QED) is 0.183. The van der Waals surface area contributed by atoms with E-state index in [0.717, 1.165) is 22.7 Å². The van der Waals surface area contributed by atoms with Crippen molar-refractivity contribution in [3.8, 4) is 11.1 Å². The van der Waals surface area contributed by atoms with Gasteiger partial charge in [-0.1, -0.05) is 182 Å². The third-order valence-corrected chi connectivity index (χ3v) is 5.88. The second kappa shape index (κ2) is 33.1. The summed E-state index contributed by atoms with van der Waals surface area (Å²) in [6.45, 7) is 28.0. The van der Waals surface area contributed by atoms with Crippen molar-refractivity contribution in [2.75, 3.05) is 16.8 Å². The molecule has 5 aromatic rings. The lowest BCUT2D eigenvalue weighted by atomic mass is 10.0. The molecule has 0 unspecified atom stereocenters. The Balaban J connectivity index is -0.00000123. The van der Waals surface area contributed by atoms with Crippen LogP contribution in [0.25, 0.3) is 11.1 Å². The molecule has 0 amide bonds. The number of anilines is 5. The van der Waals surface area contributed by atoms with Crippen molar-refractivity contribution in [2.24, 2.45) is 0 Å². The number of rotatable bonds is 6. The molecule has 0 aliphatic carbocycles. The van der Waals surface area contributed by atoms with Crippen molar-refractivity contribution < 1.29 is 0 Å². The second-order valence-electron chi connectivity index (χ2n) is 7.97. The van der Waals surface area contributed by atoms with Crippen LogP contribution in [0.2, 0.25) is 0 Å². The fourth-order valence-corrected chi connectivity index (χ4v) is 4.16. The highest BCUT2D eigenvalue weighted by molar-refractivity contribution is 5.88. The average molecular weight is 637 g/mol. The molecule has 0 bridgehead atoms. The number of nitrogens with zero attached hydrogens (tertiary/aromatic N) is 2. The topological polar surface area (TPSA) is 6.48 Å². The lowest BCUT2D eigenvalue weighted by molar-refractivity contribution is 1.20. The van der Waals surface area contributed by atoms with Gasteiger partial charge in [-0.2, -0.15) is 0 Å². The van der Waals surface area contributed by atoms with E-state index in [9.17, 15) is 0 Å². The molecule has 0 radical (unpaired) electrons. The third-order valence-electron chi connectivity index (χ3n) is 5.88. The lowest BCUT2D eigenvalue weighted by Gasteiger charge is -2.28. The first-order valence-corrected chi connectivity index (χ1v) is 18.2. The average Bonchev–Trinajstić information content (AvgIpc) is 3.22. The Morgan fingerprint density at radius 2 is 0.596 bits per heavy atom. The molecule has 0 saturated heterocycles. The SMILES string of the molecule is CC.CC.CC.CC.CC.CC.CC.CN(c1ccccc1)c1ccc(N(c2ccccc2)c2ccccc2-c2ccccc2)cc1. The van der Waals surface area contributed by atoms with Crippen molar-refractivity contribution >= 4 is 28.4 Å². The maximum absolute atomic E-state index is 2.33. The number of benzene rings is 5. The van der Waals surface area contributed by atoms with E-state index in [1.165, 1.54) is 16.8 Å². The smallest absolute Gasteiger partial charge is 0.0540 e. The van der Waals surface area contributed by atoms with E-state index < -0.39 is 0 Å². The summed E-state index contributed by atoms with van der Waals surface area (Å²) in [6, 6.07) is 48.9. The molecule has 0 heterocycles. The maximum Gasteiger partial charge on any atom is 0.0540 e. The summed E-state index contributed by atoms with van der Waals surface area (Å²) in [6.07, 6.45) is 0.